The number of rotatable bonds is 12. The van der Waals surface area contributed by atoms with Crippen molar-refractivity contribution in [1.29, 1.82) is 0 Å². The average molecular weight is 561 g/mol. The Kier molecular flexibility index (Phi) is 11.8. The quantitative estimate of drug-likeness (QED) is 0.432. The van der Waals surface area contributed by atoms with E-state index in [0.717, 1.165) is 36.8 Å². The van der Waals surface area contributed by atoms with Crippen LogP contribution in [-0.2, 0) is 32.0 Å². The molecule has 2 aromatic rings. The van der Waals surface area contributed by atoms with E-state index in [1.807, 2.05) is 55.1 Å². The Labute approximate surface area is 245 Å². The summed E-state index contributed by atoms with van der Waals surface area (Å²) in [4.78, 5) is 58.7. The van der Waals surface area contributed by atoms with Crippen molar-refractivity contribution in [2.75, 3.05) is 27.2 Å². The molecular weight excluding hydrogens is 516 g/mol. The Morgan fingerprint density at radius 1 is 0.902 bits per heavy atom. The molecule has 1 saturated heterocycles. The molecule has 0 spiro atoms. The van der Waals surface area contributed by atoms with Gasteiger partial charge in [-0.15, -0.1) is 0 Å². The fourth-order valence-electron chi connectivity index (χ4n) is 5.21. The van der Waals surface area contributed by atoms with Gasteiger partial charge in [-0.1, -0.05) is 62.7 Å². The Hall–Kier alpha value is -3.86. The lowest BCUT2D eigenvalue weighted by Crippen LogP contribution is -2.59. The molecule has 4 amide bonds. The number of likely N-dealkylation sites (N-methyl/N-ethyl adjacent to an activating group) is 2. The molecule has 0 bridgehead atoms. The fraction of sp³-hybridized carbons (Fsp3) is 0.515. The second-order valence-corrected chi connectivity index (χ2v) is 11.1. The van der Waals surface area contributed by atoms with Crippen molar-refractivity contribution in [3.8, 4) is 0 Å². The monoisotopic (exact) mass is 560 g/mol. The van der Waals surface area contributed by atoms with Gasteiger partial charge in [0.1, 0.15) is 18.1 Å². The molecule has 3 rings (SSSR count). The Balaban J connectivity index is 1.91. The smallest absolute Gasteiger partial charge is 0.246 e. The van der Waals surface area contributed by atoms with Gasteiger partial charge in [-0.25, -0.2) is 0 Å². The van der Waals surface area contributed by atoms with Crippen LogP contribution in [0.5, 0.6) is 0 Å². The lowest BCUT2D eigenvalue weighted by Gasteiger charge is -2.36. The maximum Gasteiger partial charge on any atom is 0.246 e. The van der Waals surface area contributed by atoms with Crippen LogP contribution in [0.3, 0.4) is 0 Å². The first kappa shape index (κ1) is 31.7. The SMILES string of the molecule is CC[C@H](C)[C@H](NC(=O)[C@H](Cc1cc#ccc1)N(C)C(=O)[C@H](Cc1ccccc1)N(C)C(C)=O)C(=O)N1CCCCC1. The average Bonchev–Trinajstić information content (AvgIpc) is 3.00. The zero-order valence-corrected chi connectivity index (χ0v) is 25.1. The maximum absolute atomic E-state index is 14.0. The predicted octanol–water partition coefficient (Wildman–Crippen LogP) is 3.29. The largest absolute Gasteiger partial charge is 0.342 e. The van der Waals surface area contributed by atoms with Crippen molar-refractivity contribution >= 4 is 23.6 Å². The third-order valence-corrected chi connectivity index (χ3v) is 8.23. The summed E-state index contributed by atoms with van der Waals surface area (Å²) in [6.07, 6.45) is 4.28. The molecule has 1 fully saturated rings. The highest BCUT2D eigenvalue weighted by Crippen LogP contribution is 2.19. The highest BCUT2D eigenvalue weighted by atomic mass is 16.2. The third-order valence-electron chi connectivity index (χ3n) is 8.23. The van der Waals surface area contributed by atoms with Crippen molar-refractivity contribution in [3.63, 3.8) is 0 Å². The van der Waals surface area contributed by atoms with Gasteiger partial charge in [0.15, 0.2) is 0 Å². The van der Waals surface area contributed by atoms with Gasteiger partial charge in [-0.05, 0) is 54.5 Å². The molecule has 2 aromatic carbocycles. The van der Waals surface area contributed by atoms with Crippen LogP contribution in [0, 0.1) is 18.1 Å². The van der Waals surface area contributed by atoms with E-state index < -0.39 is 24.0 Å². The van der Waals surface area contributed by atoms with E-state index in [1.165, 1.54) is 16.7 Å². The normalized spacial score (nSPS) is 16.0. The minimum Gasteiger partial charge on any atom is -0.342 e. The van der Waals surface area contributed by atoms with E-state index in [1.54, 1.807) is 26.2 Å². The topological polar surface area (TPSA) is 90.0 Å². The number of piperidine rings is 1. The number of amides is 4. The van der Waals surface area contributed by atoms with E-state index in [9.17, 15) is 19.2 Å². The van der Waals surface area contributed by atoms with E-state index in [4.69, 9.17) is 0 Å². The van der Waals surface area contributed by atoms with Gasteiger partial charge in [0.05, 0.1) is 0 Å². The standard InChI is InChI=1S/C33H44N4O4/c1-6-24(2)30(33(41)37-20-14-9-15-21-37)34-31(39)28(22-26-16-10-7-11-17-26)36(5)32(40)29(35(4)25(3)38)23-27-18-12-8-13-19-27/h8,10,12-13,16-19,24,28-30H,6,9,14-15,20-23H2,1-5H3,(H,34,39)/t24-,28-,29-,30-/m0/s1. The lowest BCUT2D eigenvalue weighted by molar-refractivity contribution is -0.147. The molecule has 1 aliphatic rings. The molecular formula is C33H44N4O4. The van der Waals surface area contributed by atoms with Crippen molar-refractivity contribution in [3.05, 3.63) is 71.8 Å². The molecule has 1 N–H and O–H groups in total. The van der Waals surface area contributed by atoms with Crippen molar-refractivity contribution in [1.82, 2.24) is 20.0 Å². The molecule has 4 atom stereocenters. The van der Waals surface area contributed by atoms with Crippen LogP contribution in [0.4, 0.5) is 0 Å². The summed E-state index contributed by atoms with van der Waals surface area (Å²) in [5, 5.41) is 3.04. The van der Waals surface area contributed by atoms with Crippen LogP contribution in [0.1, 0.15) is 57.6 Å². The number of hydrogen-bond donors (Lipinski definition) is 1. The number of nitrogens with zero attached hydrogens (tertiary/aromatic N) is 3. The van der Waals surface area contributed by atoms with Gasteiger partial charge >= 0.3 is 0 Å². The number of hydrogen-bond acceptors (Lipinski definition) is 4. The van der Waals surface area contributed by atoms with Gasteiger partial charge in [0.2, 0.25) is 23.6 Å². The fourth-order valence-corrected chi connectivity index (χ4v) is 5.21. The summed E-state index contributed by atoms with van der Waals surface area (Å²) in [5.41, 5.74) is 1.72. The van der Waals surface area contributed by atoms with Crippen molar-refractivity contribution < 1.29 is 19.2 Å². The Morgan fingerprint density at radius 3 is 2.15 bits per heavy atom. The first-order valence-electron chi connectivity index (χ1n) is 14.6. The highest BCUT2D eigenvalue weighted by Gasteiger charge is 2.37. The van der Waals surface area contributed by atoms with Gasteiger partial charge in [-0.3, -0.25) is 19.2 Å². The van der Waals surface area contributed by atoms with E-state index in [-0.39, 0.29) is 30.1 Å². The van der Waals surface area contributed by atoms with E-state index >= 15 is 0 Å². The van der Waals surface area contributed by atoms with Crippen molar-refractivity contribution in [2.24, 2.45) is 5.92 Å². The van der Waals surface area contributed by atoms with Crippen LogP contribution < -0.4 is 5.32 Å². The molecule has 0 radical (unpaired) electrons. The van der Waals surface area contributed by atoms with Gasteiger partial charge < -0.3 is 20.0 Å². The molecule has 1 heterocycles. The first-order valence-corrected chi connectivity index (χ1v) is 14.6. The number of benzene rings is 1. The second-order valence-electron chi connectivity index (χ2n) is 11.1. The summed E-state index contributed by atoms with van der Waals surface area (Å²) in [5.74, 6) is -1.13. The van der Waals surface area contributed by atoms with Crippen LogP contribution in [-0.4, -0.2) is 83.6 Å². The van der Waals surface area contributed by atoms with Crippen LogP contribution in [0.15, 0.2) is 48.5 Å². The van der Waals surface area contributed by atoms with Crippen molar-refractivity contribution in [2.45, 2.75) is 77.4 Å². The molecule has 0 saturated carbocycles. The molecule has 8 heteroatoms. The highest BCUT2D eigenvalue weighted by molar-refractivity contribution is 5.94. The van der Waals surface area contributed by atoms with Gasteiger partial charge in [0.25, 0.3) is 0 Å². The summed E-state index contributed by atoms with van der Waals surface area (Å²) < 4.78 is 0. The number of carbonyl (C=O) groups excluding carboxylic acids is 4. The van der Waals surface area contributed by atoms with E-state index in [2.05, 4.69) is 17.4 Å². The molecule has 0 aliphatic carbocycles. The number of carbonyl (C=O) groups is 4. The van der Waals surface area contributed by atoms with Crippen LogP contribution in [0.2, 0.25) is 0 Å². The molecule has 0 unspecified atom stereocenters. The number of likely N-dealkylation sites (tertiary alicyclic amines) is 1. The minimum absolute atomic E-state index is 0.0685. The first-order chi connectivity index (χ1) is 19.6. The zero-order chi connectivity index (χ0) is 29.9. The predicted molar refractivity (Wildman–Crippen MR) is 159 cm³/mol. The lowest BCUT2D eigenvalue weighted by atomic mass is 9.95. The summed E-state index contributed by atoms with van der Waals surface area (Å²) in [6, 6.07) is 18.2. The van der Waals surface area contributed by atoms with Crippen LogP contribution in [0.25, 0.3) is 0 Å². The summed E-state index contributed by atoms with van der Waals surface area (Å²) >= 11 is 0. The van der Waals surface area contributed by atoms with Gasteiger partial charge in [0, 0.05) is 47.0 Å². The molecule has 41 heavy (non-hydrogen) atoms. The van der Waals surface area contributed by atoms with Gasteiger partial charge in [-0.2, -0.15) is 0 Å². The maximum atomic E-state index is 14.0. The molecule has 8 nitrogen and oxygen atoms in total. The molecule has 220 valence electrons. The van der Waals surface area contributed by atoms with E-state index in [0.29, 0.717) is 19.5 Å². The molecule has 1 aliphatic heterocycles. The summed E-state index contributed by atoms with van der Waals surface area (Å²) in [7, 11) is 3.21. The Bertz CT molecular complexity index is 1150. The van der Waals surface area contributed by atoms with Crippen LogP contribution >= 0.6 is 0 Å². The summed E-state index contributed by atoms with van der Waals surface area (Å²) in [6.45, 7) is 6.78. The Morgan fingerprint density at radius 2 is 1.56 bits per heavy atom. The molecule has 0 aromatic heterocycles. The minimum atomic E-state index is -0.905. The second kappa shape index (κ2) is 15.2. The number of nitrogens with one attached hydrogen (secondary N) is 1. The zero-order valence-electron chi connectivity index (χ0n) is 25.1. The third kappa shape index (κ3) is 8.56.